The molecule has 0 aliphatic heterocycles. The Kier molecular flexibility index (Phi) is 4.49. The fourth-order valence-electron chi connectivity index (χ4n) is 1.62. The van der Waals surface area contributed by atoms with Crippen molar-refractivity contribution in [3.05, 3.63) is 11.8 Å². The van der Waals surface area contributed by atoms with Crippen molar-refractivity contribution in [3.8, 4) is 0 Å². The Morgan fingerprint density at radius 1 is 1.62 bits per heavy atom. The molecular weight excluding hydrogens is 204 g/mol. The first kappa shape index (κ1) is 12.7. The molecule has 1 heterocycles. The lowest BCUT2D eigenvalue weighted by Crippen LogP contribution is -2.30. The molecule has 1 unspecified atom stereocenters. The maximum absolute atomic E-state index is 11.7. The largest absolute Gasteiger partial charge is 0.314 e. The zero-order valence-corrected chi connectivity index (χ0v) is 10.4. The van der Waals surface area contributed by atoms with Gasteiger partial charge in [-0.1, -0.05) is 6.92 Å². The van der Waals surface area contributed by atoms with E-state index in [-0.39, 0.29) is 11.9 Å². The van der Waals surface area contributed by atoms with Crippen LogP contribution in [0.15, 0.2) is 6.07 Å². The summed E-state index contributed by atoms with van der Waals surface area (Å²) in [6, 6.07) is 2.05. The van der Waals surface area contributed by atoms with E-state index in [4.69, 9.17) is 0 Å². The summed E-state index contributed by atoms with van der Waals surface area (Å²) in [6.07, 6.45) is 0.470. The number of nitrogens with one attached hydrogen (secondary N) is 2. The van der Waals surface area contributed by atoms with Crippen LogP contribution in [-0.2, 0) is 11.8 Å². The van der Waals surface area contributed by atoms with E-state index in [1.807, 2.05) is 33.9 Å². The van der Waals surface area contributed by atoms with Crippen LogP contribution in [0, 0.1) is 6.92 Å². The molecule has 5 nitrogen and oxygen atoms in total. The molecule has 1 amide bonds. The van der Waals surface area contributed by atoms with Crippen LogP contribution in [0.2, 0.25) is 0 Å². The van der Waals surface area contributed by atoms with Crippen LogP contribution in [0.1, 0.15) is 26.0 Å². The number of anilines is 1. The van der Waals surface area contributed by atoms with E-state index in [0.717, 1.165) is 18.1 Å². The zero-order valence-electron chi connectivity index (χ0n) is 10.4. The standard InChI is InChI=1S/C11H20N4O/c1-5-12-8(2)7-11(16)13-10-6-9(3)14-15(10)4/h6,8,12H,5,7H2,1-4H3,(H,13,16). The Hall–Kier alpha value is -1.36. The van der Waals surface area contributed by atoms with Gasteiger partial charge in [0, 0.05) is 25.6 Å². The number of hydrogen-bond donors (Lipinski definition) is 2. The molecule has 90 valence electrons. The maximum Gasteiger partial charge on any atom is 0.227 e. The van der Waals surface area contributed by atoms with E-state index < -0.39 is 0 Å². The van der Waals surface area contributed by atoms with Crippen molar-refractivity contribution in [2.24, 2.45) is 7.05 Å². The van der Waals surface area contributed by atoms with E-state index in [1.165, 1.54) is 0 Å². The molecule has 16 heavy (non-hydrogen) atoms. The molecule has 0 aromatic carbocycles. The molecule has 0 radical (unpaired) electrons. The van der Waals surface area contributed by atoms with Crippen molar-refractivity contribution < 1.29 is 4.79 Å². The minimum absolute atomic E-state index is 0.0106. The van der Waals surface area contributed by atoms with Crippen LogP contribution in [0.4, 0.5) is 5.82 Å². The van der Waals surface area contributed by atoms with Crippen molar-refractivity contribution in [2.75, 3.05) is 11.9 Å². The summed E-state index contributed by atoms with van der Waals surface area (Å²) in [5, 5.41) is 10.2. The first-order chi connectivity index (χ1) is 7.52. The number of hydrogen-bond acceptors (Lipinski definition) is 3. The summed E-state index contributed by atoms with van der Waals surface area (Å²) in [7, 11) is 1.82. The van der Waals surface area contributed by atoms with Gasteiger partial charge in [-0.3, -0.25) is 9.48 Å². The van der Waals surface area contributed by atoms with Crippen LogP contribution in [0.3, 0.4) is 0 Å². The Morgan fingerprint density at radius 2 is 2.31 bits per heavy atom. The molecule has 1 rings (SSSR count). The molecule has 0 saturated carbocycles. The predicted molar refractivity (Wildman–Crippen MR) is 64.3 cm³/mol. The third-order valence-corrected chi connectivity index (χ3v) is 2.31. The van der Waals surface area contributed by atoms with Gasteiger partial charge in [-0.25, -0.2) is 0 Å². The van der Waals surface area contributed by atoms with E-state index in [0.29, 0.717) is 6.42 Å². The lowest BCUT2D eigenvalue weighted by molar-refractivity contribution is -0.116. The average Bonchev–Trinajstić information content (AvgIpc) is 2.44. The third-order valence-electron chi connectivity index (χ3n) is 2.31. The first-order valence-corrected chi connectivity index (χ1v) is 5.56. The SMILES string of the molecule is CCNC(C)CC(=O)Nc1cc(C)nn1C. The molecule has 1 aromatic rings. The smallest absolute Gasteiger partial charge is 0.227 e. The van der Waals surface area contributed by atoms with Gasteiger partial charge >= 0.3 is 0 Å². The van der Waals surface area contributed by atoms with Gasteiger partial charge < -0.3 is 10.6 Å². The van der Waals surface area contributed by atoms with Gasteiger partial charge in [0.15, 0.2) is 0 Å². The molecule has 2 N–H and O–H groups in total. The van der Waals surface area contributed by atoms with Gasteiger partial charge in [0.1, 0.15) is 5.82 Å². The van der Waals surface area contributed by atoms with Crippen molar-refractivity contribution >= 4 is 11.7 Å². The van der Waals surface area contributed by atoms with E-state index in [1.54, 1.807) is 4.68 Å². The molecule has 1 aromatic heterocycles. The van der Waals surface area contributed by atoms with Crippen LogP contribution < -0.4 is 10.6 Å². The lowest BCUT2D eigenvalue weighted by atomic mass is 10.2. The third kappa shape index (κ3) is 3.66. The van der Waals surface area contributed by atoms with Gasteiger partial charge in [0.05, 0.1) is 5.69 Å². The number of carbonyl (C=O) groups is 1. The Morgan fingerprint density at radius 3 is 2.81 bits per heavy atom. The summed E-state index contributed by atoms with van der Waals surface area (Å²) >= 11 is 0. The summed E-state index contributed by atoms with van der Waals surface area (Å²) < 4.78 is 1.67. The van der Waals surface area contributed by atoms with Crippen molar-refractivity contribution in [1.29, 1.82) is 0 Å². The second-order valence-electron chi connectivity index (χ2n) is 4.01. The fourth-order valence-corrected chi connectivity index (χ4v) is 1.62. The monoisotopic (exact) mass is 224 g/mol. The maximum atomic E-state index is 11.7. The second kappa shape index (κ2) is 5.65. The minimum atomic E-state index is 0.0106. The molecule has 0 bridgehead atoms. The van der Waals surface area contributed by atoms with Gasteiger partial charge in [0.2, 0.25) is 5.91 Å². The van der Waals surface area contributed by atoms with E-state index >= 15 is 0 Å². The van der Waals surface area contributed by atoms with E-state index in [9.17, 15) is 4.79 Å². The van der Waals surface area contributed by atoms with Gasteiger partial charge in [-0.05, 0) is 20.4 Å². The highest BCUT2D eigenvalue weighted by Gasteiger charge is 2.10. The van der Waals surface area contributed by atoms with Crippen molar-refractivity contribution in [2.45, 2.75) is 33.2 Å². The normalized spacial score (nSPS) is 12.5. The second-order valence-corrected chi connectivity index (χ2v) is 4.01. The van der Waals surface area contributed by atoms with Gasteiger partial charge in [-0.2, -0.15) is 5.10 Å². The summed E-state index contributed by atoms with van der Waals surface area (Å²) in [4.78, 5) is 11.7. The summed E-state index contributed by atoms with van der Waals surface area (Å²) in [5.74, 6) is 0.752. The summed E-state index contributed by atoms with van der Waals surface area (Å²) in [5.41, 5.74) is 0.900. The van der Waals surface area contributed by atoms with E-state index in [2.05, 4.69) is 15.7 Å². The molecule has 0 spiro atoms. The number of rotatable bonds is 5. The fraction of sp³-hybridized carbons (Fsp3) is 0.636. The highest BCUT2D eigenvalue weighted by Crippen LogP contribution is 2.08. The summed E-state index contributed by atoms with van der Waals surface area (Å²) in [6.45, 7) is 6.80. The molecule has 0 aliphatic carbocycles. The van der Waals surface area contributed by atoms with Crippen molar-refractivity contribution in [1.82, 2.24) is 15.1 Å². The molecule has 1 atom stereocenters. The van der Waals surface area contributed by atoms with Gasteiger partial charge in [-0.15, -0.1) is 0 Å². The van der Waals surface area contributed by atoms with Crippen LogP contribution in [0.25, 0.3) is 0 Å². The quantitative estimate of drug-likeness (QED) is 0.786. The first-order valence-electron chi connectivity index (χ1n) is 5.56. The molecular formula is C11H20N4O. The number of aromatic nitrogens is 2. The number of nitrogens with zero attached hydrogens (tertiary/aromatic N) is 2. The Bertz CT molecular complexity index is 359. The minimum Gasteiger partial charge on any atom is -0.314 e. The predicted octanol–water partition coefficient (Wildman–Crippen LogP) is 1.06. The molecule has 5 heteroatoms. The molecule has 0 fully saturated rings. The van der Waals surface area contributed by atoms with Gasteiger partial charge in [0.25, 0.3) is 0 Å². The zero-order chi connectivity index (χ0) is 12.1. The van der Waals surface area contributed by atoms with Crippen LogP contribution in [-0.4, -0.2) is 28.3 Å². The Balaban J connectivity index is 2.48. The number of carbonyl (C=O) groups excluding carboxylic acids is 1. The topological polar surface area (TPSA) is 59.0 Å². The average molecular weight is 224 g/mol. The highest BCUT2D eigenvalue weighted by molar-refractivity contribution is 5.90. The molecule has 0 aliphatic rings. The van der Waals surface area contributed by atoms with Crippen LogP contribution in [0.5, 0.6) is 0 Å². The van der Waals surface area contributed by atoms with Crippen molar-refractivity contribution in [3.63, 3.8) is 0 Å². The van der Waals surface area contributed by atoms with Crippen LogP contribution >= 0.6 is 0 Å². The number of aryl methyl sites for hydroxylation is 2. The molecule has 0 saturated heterocycles. The number of amides is 1. The Labute approximate surface area is 96.2 Å². The highest BCUT2D eigenvalue weighted by atomic mass is 16.1. The lowest BCUT2D eigenvalue weighted by Gasteiger charge is -2.11.